The lowest BCUT2D eigenvalue weighted by molar-refractivity contribution is -0.124. The number of nitrogens with two attached hydrogens (primary N) is 1. The molecular weight excluding hydrogens is 212 g/mol. The molecule has 2 saturated carbocycles. The quantitative estimate of drug-likeness (QED) is 0.793. The molecule has 3 heteroatoms. The molecular formula is C14H26N2O. The van der Waals surface area contributed by atoms with E-state index >= 15 is 0 Å². The fraction of sp³-hybridized carbons (Fsp3) is 0.929. The van der Waals surface area contributed by atoms with Crippen molar-refractivity contribution in [2.75, 3.05) is 0 Å². The van der Waals surface area contributed by atoms with E-state index < -0.39 is 0 Å². The molecule has 0 radical (unpaired) electrons. The monoisotopic (exact) mass is 238 g/mol. The Kier molecular flexibility index (Phi) is 4.08. The third-order valence-corrected chi connectivity index (χ3v) is 4.45. The maximum atomic E-state index is 12.0. The lowest BCUT2D eigenvalue weighted by Gasteiger charge is -2.29. The van der Waals surface area contributed by atoms with Gasteiger partial charge >= 0.3 is 0 Å². The van der Waals surface area contributed by atoms with E-state index in [0.717, 1.165) is 25.7 Å². The fourth-order valence-corrected chi connectivity index (χ4v) is 3.45. The SMILES string of the molecule is CC1(NC(=O)CC2CCCC(N)C2)CCCC1. The number of rotatable bonds is 3. The van der Waals surface area contributed by atoms with Crippen LogP contribution in [0.25, 0.3) is 0 Å². The number of amides is 1. The van der Waals surface area contributed by atoms with E-state index in [1.54, 1.807) is 0 Å². The topological polar surface area (TPSA) is 55.1 Å². The van der Waals surface area contributed by atoms with Crippen molar-refractivity contribution >= 4 is 5.91 Å². The Morgan fingerprint density at radius 3 is 2.65 bits per heavy atom. The van der Waals surface area contributed by atoms with Crippen LogP contribution < -0.4 is 11.1 Å². The Morgan fingerprint density at radius 1 is 1.29 bits per heavy atom. The summed E-state index contributed by atoms with van der Waals surface area (Å²) < 4.78 is 0. The van der Waals surface area contributed by atoms with E-state index in [-0.39, 0.29) is 11.4 Å². The second-order valence-corrected chi connectivity index (χ2v) is 6.31. The van der Waals surface area contributed by atoms with Crippen LogP contribution >= 0.6 is 0 Å². The second kappa shape index (κ2) is 5.38. The highest BCUT2D eigenvalue weighted by atomic mass is 16.1. The van der Waals surface area contributed by atoms with Crippen molar-refractivity contribution in [3.63, 3.8) is 0 Å². The predicted molar refractivity (Wildman–Crippen MR) is 69.6 cm³/mol. The minimum Gasteiger partial charge on any atom is -0.351 e. The normalized spacial score (nSPS) is 32.4. The van der Waals surface area contributed by atoms with Crippen molar-refractivity contribution in [3.05, 3.63) is 0 Å². The molecule has 3 nitrogen and oxygen atoms in total. The van der Waals surface area contributed by atoms with Gasteiger partial charge in [0, 0.05) is 18.0 Å². The highest BCUT2D eigenvalue weighted by molar-refractivity contribution is 5.77. The van der Waals surface area contributed by atoms with Gasteiger partial charge in [0.25, 0.3) is 0 Å². The molecule has 0 aromatic carbocycles. The van der Waals surface area contributed by atoms with Gasteiger partial charge < -0.3 is 11.1 Å². The van der Waals surface area contributed by atoms with E-state index in [1.807, 2.05) is 0 Å². The summed E-state index contributed by atoms with van der Waals surface area (Å²) in [5, 5.41) is 3.24. The summed E-state index contributed by atoms with van der Waals surface area (Å²) in [5.74, 6) is 0.761. The van der Waals surface area contributed by atoms with Gasteiger partial charge in [-0.05, 0) is 44.9 Å². The van der Waals surface area contributed by atoms with E-state index in [1.165, 1.54) is 25.7 Å². The van der Waals surface area contributed by atoms with E-state index in [4.69, 9.17) is 5.73 Å². The maximum Gasteiger partial charge on any atom is 0.220 e. The molecule has 0 heterocycles. The van der Waals surface area contributed by atoms with Gasteiger partial charge in [-0.25, -0.2) is 0 Å². The molecule has 2 rings (SSSR count). The summed E-state index contributed by atoms with van der Waals surface area (Å²) >= 11 is 0. The predicted octanol–water partition coefficient (Wildman–Crippen LogP) is 2.34. The summed E-state index contributed by atoms with van der Waals surface area (Å²) in [6.07, 6.45) is 10.0. The van der Waals surface area contributed by atoms with Crippen molar-refractivity contribution in [2.45, 2.75) is 76.3 Å². The molecule has 0 aliphatic heterocycles. The summed E-state index contributed by atoms with van der Waals surface area (Å²) in [7, 11) is 0. The number of carbonyl (C=O) groups is 1. The van der Waals surface area contributed by atoms with Crippen molar-refractivity contribution < 1.29 is 4.79 Å². The van der Waals surface area contributed by atoms with E-state index in [9.17, 15) is 4.79 Å². The molecule has 17 heavy (non-hydrogen) atoms. The molecule has 0 spiro atoms. The Hall–Kier alpha value is -0.570. The van der Waals surface area contributed by atoms with Crippen LogP contribution in [0.1, 0.15) is 64.7 Å². The molecule has 3 N–H and O–H groups in total. The number of hydrogen-bond donors (Lipinski definition) is 2. The van der Waals surface area contributed by atoms with Crippen LogP contribution in [0.4, 0.5) is 0 Å². The van der Waals surface area contributed by atoms with Crippen LogP contribution in [0, 0.1) is 5.92 Å². The first-order valence-corrected chi connectivity index (χ1v) is 7.14. The minimum absolute atomic E-state index is 0.0772. The highest BCUT2D eigenvalue weighted by Crippen LogP contribution is 2.30. The largest absolute Gasteiger partial charge is 0.351 e. The standard InChI is InChI=1S/C14H26N2O/c1-14(7-2-3-8-14)16-13(17)10-11-5-4-6-12(15)9-11/h11-12H,2-10,15H2,1H3,(H,16,17). The molecule has 98 valence electrons. The molecule has 0 saturated heterocycles. The van der Waals surface area contributed by atoms with E-state index in [0.29, 0.717) is 18.4 Å². The van der Waals surface area contributed by atoms with Crippen molar-refractivity contribution in [1.82, 2.24) is 5.32 Å². The number of nitrogens with one attached hydrogen (secondary N) is 1. The fourth-order valence-electron chi connectivity index (χ4n) is 3.45. The van der Waals surface area contributed by atoms with Crippen molar-refractivity contribution in [3.8, 4) is 0 Å². The molecule has 1 amide bonds. The third kappa shape index (κ3) is 3.70. The first kappa shape index (κ1) is 12.9. The Bertz CT molecular complexity index is 271. The average Bonchev–Trinajstić information content (AvgIpc) is 2.64. The Morgan fingerprint density at radius 2 is 2.00 bits per heavy atom. The highest BCUT2D eigenvalue weighted by Gasteiger charge is 2.31. The second-order valence-electron chi connectivity index (χ2n) is 6.31. The lowest BCUT2D eigenvalue weighted by atomic mass is 9.84. The van der Waals surface area contributed by atoms with Gasteiger partial charge in [-0.15, -0.1) is 0 Å². The summed E-state index contributed by atoms with van der Waals surface area (Å²) in [6, 6.07) is 0.323. The third-order valence-electron chi connectivity index (χ3n) is 4.45. The first-order valence-electron chi connectivity index (χ1n) is 7.14. The van der Waals surface area contributed by atoms with Gasteiger partial charge in [0.05, 0.1) is 0 Å². The number of carbonyl (C=O) groups excluding carboxylic acids is 1. The van der Waals surface area contributed by atoms with Crippen molar-refractivity contribution in [2.24, 2.45) is 11.7 Å². The molecule has 2 aliphatic carbocycles. The zero-order chi connectivity index (χ0) is 12.3. The molecule has 0 aromatic heterocycles. The molecule has 0 bridgehead atoms. The Labute approximate surface area is 105 Å². The summed E-state index contributed by atoms with van der Waals surface area (Å²) in [4.78, 5) is 12.0. The first-order chi connectivity index (χ1) is 8.07. The van der Waals surface area contributed by atoms with Gasteiger partial charge in [-0.3, -0.25) is 4.79 Å². The van der Waals surface area contributed by atoms with Gasteiger partial charge in [-0.2, -0.15) is 0 Å². The molecule has 2 unspecified atom stereocenters. The summed E-state index contributed by atoms with van der Waals surface area (Å²) in [5.41, 5.74) is 6.04. The lowest BCUT2D eigenvalue weighted by Crippen LogP contribution is -2.44. The Balaban J connectivity index is 1.76. The maximum absolute atomic E-state index is 12.0. The van der Waals surface area contributed by atoms with Crippen LogP contribution in [0.5, 0.6) is 0 Å². The molecule has 2 aliphatic rings. The van der Waals surface area contributed by atoms with Gasteiger partial charge in [0.15, 0.2) is 0 Å². The van der Waals surface area contributed by atoms with Crippen LogP contribution in [-0.2, 0) is 4.79 Å². The van der Waals surface area contributed by atoms with Crippen LogP contribution in [-0.4, -0.2) is 17.5 Å². The average molecular weight is 238 g/mol. The van der Waals surface area contributed by atoms with Crippen LogP contribution in [0.2, 0.25) is 0 Å². The van der Waals surface area contributed by atoms with Gasteiger partial charge in [0.1, 0.15) is 0 Å². The molecule has 0 aromatic rings. The zero-order valence-corrected chi connectivity index (χ0v) is 11.0. The van der Waals surface area contributed by atoms with E-state index in [2.05, 4.69) is 12.2 Å². The minimum atomic E-state index is 0.0772. The summed E-state index contributed by atoms with van der Waals surface area (Å²) in [6.45, 7) is 2.19. The van der Waals surface area contributed by atoms with Crippen molar-refractivity contribution in [1.29, 1.82) is 0 Å². The zero-order valence-electron chi connectivity index (χ0n) is 11.0. The van der Waals surface area contributed by atoms with Crippen LogP contribution in [0.15, 0.2) is 0 Å². The van der Waals surface area contributed by atoms with Gasteiger partial charge in [-0.1, -0.05) is 19.3 Å². The molecule has 2 atom stereocenters. The smallest absolute Gasteiger partial charge is 0.220 e. The van der Waals surface area contributed by atoms with Gasteiger partial charge in [0.2, 0.25) is 5.91 Å². The number of hydrogen-bond acceptors (Lipinski definition) is 2. The van der Waals surface area contributed by atoms with Crippen LogP contribution in [0.3, 0.4) is 0 Å². The molecule has 2 fully saturated rings.